The van der Waals surface area contributed by atoms with Gasteiger partial charge in [-0.05, 0) is 37.1 Å². The normalized spacial score (nSPS) is 10.4. The minimum absolute atomic E-state index is 0.147. The highest BCUT2D eigenvalue weighted by Gasteiger charge is 2.12. The summed E-state index contributed by atoms with van der Waals surface area (Å²) in [7, 11) is 0. The molecule has 4 nitrogen and oxygen atoms in total. The number of thiophene rings is 1. The van der Waals surface area contributed by atoms with E-state index in [0.717, 1.165) is 25.9 Å². The number of nitrogens with zero attached hydrogens (tertiary/aromatic N) is 1. The lowest BCUT2D eigenvalue weighted by Gasteiger charge is -2.22. The zero-order valence-corrected chi connectivity index (χ0v) is 12.8. The van der Waals surface area contributed by atoms with E-state index in [1.165, 1.54) is 4.88 Å². The molecule has 0 aliphatic heterocycles. The van der Waals surface area contributed by atoms with Gasteiger partial charge >= 0.3 is 5.97 Å². The maximum atomic E-state index is 12.1. The number of hydrogen-bond acceptors (Lipinski definition) is 3. The Morgan fingerprint density at radius 3 is 2.60 bits per heavy atom. The van der Waals surface area contributed by atoms with Gasteiger partial charge in [-0.1, -0.05) is 13.0 Å². The van der Waals surface area contributed by atoms with Crippen molar-refractivity contribution >= 4 is 23.2 Å². The van der Waals surface area contributed by atoms with E-state index in [-0.39, 0.29) is 12.3 Å². The first-order chi connectivity index (χ1) is 9.63. The van der Waals surface area contributed by atoms with Crippen LogP contribution in [0.1, 0.15) is 43.9 Å². The van der Waals surface area contributed by atoms with E-state index in [9.17, 15) is 9.59 Å². The fraction of sp³-hybridized carbons (Fsp3) is 0.600. The van der Waals surface area contributed by atoms with Crippen molar-refractivity contribution in [3.05, 3.63) is 22.4 Å². The summed E-state index contributed by atoms with van der Waals surface area (Å²) in [6.45, 7) is 3.60. The van der Waals surface area contributed by atoms with Gasteiger partial charge in [0, 0.05) is 30.8 Å². The second kappa shape index (κ2) is 9.53. The molecule has 1 aromatic rings. The van der Waals surface area contributed by atoms with E-state index in [4.69, 9.17) is 5.11 Å². The van der Waals surface area contributed by atoms with Crippen molar-refractivity contribution in [2.45, 2.75) is 45.4 Å². The molecular weight excluding hydrogens is 274 g/mol. The maximum absolute atomic E-state index is 12.1. The summed E-state index contributed by atoms with van der Waals surface area (Å²) in [5, 5.41) is 10.6. The molecule has 0 aliphatic rings. The maximum Gasteiger partial charge on any atom is 0.303 e. The summed E-state index contributed by atoms with van der Waals surface area (Å²) in [6.07, 6.45) is 3.69. The second-order valence-electron chi connectivity index (χ2n) is 4.81. The second-order valence-corrected chi connectivity index (χ2v) is 5.84. The van der Waals surface area contributed by atoms with E-state index < -0.39 is 5.97 Å². The summed E-state index contributed by atoms with van der Waals surface area (Å²) in [5.41, 5.74) is 0. The number of carbonyl (C=O) groups excluding carboxylic acids is 1. The molecule has 0 saturated carbocycles. The van der Waals surface area contributed by atoms with Crippen LogP contribution in [0.15, 0.2) is 17.5 Å². The first-order valence-electron chi connectivity index (χ1n) is 7.15. The number of carbonyl (C=O) groups is 2. The average molecular weight is 297 g/mol. The summed E-state index contributed by atoms with van der Waals surface area (Å²) in [6, 6.07) is 4.12. The van der Waals surface area contributed by atoms with Crippen LogP contribution in [0, 0.1) is 0 Å². The number of aliphatic carboxylic acids is 1. The number of rotatable bonds is 10. The minimum atomic E-state index is -0.791. The van der Waals surface area contributed by atoms with Gasteiger partial charge in [0.25, 0.3) is 0 Å². The standard InChI is InChI=1S/C15H23NO3S/c1-2-10-16(11-9-13-6-5-12-20-13)14(17)7-3-4-8-15(18)19/h5-6,12H,2-4,7-11H2,1H3,(H,18,19). The smallest absolute Gasteiger partial charge is 0.303 e. The fourth-order valence-electron chi connectivity index (χ4n) is 2.04. The van der Waals surface area contributed by atoms with Gasteiger partial charge in [0.05, 0.1) is 0 Å². The third kappa shape index (κ3) is 6.70. The van der Waals surface area contributed by atoms with Crippen molar-refractivity contribution in [2.75, 3.05) is 13.1 Å². The number of carboxylic acids is 1. The molecule has 0 aliphatic carbocycles. The van der Waals surface area contributed by atoms with Crippen molar-refractivity contribution in [3.8, 4) is 0 Å². The molecule has 0 aromatic carbocycles. The SMILES string of the molecule is CCCN(CCc1cccs1)C(=O)CCCCC(=O)O. The molecule has 0 radical (unpaired) electrons. The van der Waals surface area contributed by atoms with Crippen molar-refractivity contribution in [1.29, 1.82) is 0 Å². The molecular formula is C15H23NO3S. The lowest BCUT2D eigenvalue weighted by atomic mass is 10.1. The highest BCUT2D eigenvalue weighted by molar-refractivity contribution is 7.09. The van der Waals surface area contributed by atoms with Crippen LogP contribution in [0.2, 0.25) is 0 Å². The quantitative estimate of drug-likeness (QED) is 0.675. The van der Waals surface area contributed by atoms with E-state index in [2.05, 4.69) is 13.0 Å². The highest BCUT2D eigenvalue weighted by Crippen LogP contribution is 2.11. The van der Waals surface area contributed by atoms with Crippen LogP contribution in [0.3, 0.4) is 0 Å². The Morgan fingerprint density at radius 2 is 2.00 bits per heavy atom. The monoisotopic (exact) mass is 297 g/mol. The van der Waals surface area contributed by atoms with E-state index in [1.807, 2.05) is 16.3 Å². The lowest BCUT2D eigenvalue weighted by molar-refractivity contribution is -0.137. The van der Waals surface area contributed by atoms with E-state index in [0.29, 0.717) is 19.3 Å². The lowest BCUT2D eigenvalue weighted by Crippen LogP contribution is -2.33. The van der Waals surface area contributed by atoms with Gasteiger partial charge in [-0.25, -0.2) is 0 Å². The number of hydrogen-bond donors (Lipinski definition) is 1. The zero-order valence-electron chi connectivity index (χ0n) is 12.0. The van der Waals surface area contributed by atoms with Crippen LogP contribution in [-0.4, -0.2) is 35.0 Å². The Hall–Kier alpha value is -1.36. The summed E-state index contributed by atoms with van der Waals surface area (Å²) in [4.78, 5) is 25.7. The molecule has 0 bridgehead atoms. The van der Waals surface area contributed by atoms with Crippen LogP contribution < -0.4 is 0 Å². The van der Waals surface area contributed by atoms with E-state index >= 15 is 0 Å². The van der Waals surface area contributed by atoms with Gasteiger partial charge in [-0.15, -0.1) is 11.3 Å². The van der Waals surface area contributed by atoms with Gasteiger partial charge in [-0.3, -0.25) is 9.59 Å². The van der Waals surface area contributed by atoms with Crippen LogP contribution in [0.4, 0.5) is 0 Å². The van der Waals surface area contributed by atoms with Crippen molar-refractivity contribution in [1.82, 2.24) is 4.90 Å². The van der Waals surface area contributed by atoms with Gasteiger partial charge in [0.1, 0.15) is 0 Å². The average Bonchev–Trinajstić information content (AvgIpc) is 2.92. The summed E-state index contributed by atoms with van der Waals surface area (Å²) < 4.78 is 0. The zero-order chi connectivity index (χ0) is 14.8. The Labute approximate surface area is 124 Å². The number of unbranched alkanes of at least 4 members (excludes halogenated alkanes) is 1. The molecule has 1 aromatic heterocycles. The van der Waals surface area contributed by atoms with Crippen molar-refractivity contribution < 1.29 is 14.7 Å². The van der Waals surface area contributed by atoms with Gasteiger partial charge in [0.15, 0.2) is 0 Å². The van der Waals surface area contributed by atoms with Crippen LogP contribution in [0.5, 0.6) is 0 Å². The molecule has 1 amide bonds. The predicted octanol–water partition coefficient (Wildman–Crippen LogP) is 3.17. The highest BCUT2D eigenvalue weighted by atomic mass is 32.1. The first-order valence-corrected chi connectivity index (χ1v) is 8.03. The van der Waals surface area contributed by atoms with Crippen molar-refractivity contribution in [3.63, 3.8) is 0 Å². The molecule has 112 valence electrons. The van der Waals surface area contributed by atoms with Crippen LogP contribution in [-0.2, 0) is 16.0 Å². The molecule has 0 unspecified atom stereocenters. The van der Waals surface area contributed by atoms with Gasteiger partial charge in [0.2, 0.25) is 5.91 Å². The van der Waals surface area contributed by atoms with Crippen LogP contribution >= 0.6 is 11.3 Å². The van der Waals surface area contributed by atoms with Crippen molar-refractivity contribution in [2.24, 2.45) is 0 Å². The molecule has 0 spiro atoms. The molecule has 1 N–H and O–H groups in total. The van der Waals surface area contributed by atoms with Gasteiger partial charge in [-0.2, -0.15) is 0 Å². The molecule has 1 rings (SSSR count). The molecule has 0 atom stereocenters. The first kappa shape index (κ1) is 16.7. The number of amides is 1. The predicted molar refractivity (Wildman–Crippen MR) is 81.0 cm³/mol. The number of carboxylic acid groups (broad SMARTS) is 1. The third-order valence-corrected chi connectivity index (χ3v) is 4.02. The Morgan fingerprint density at radius 1 is 1.25 bits per heavy atom. The Balaban J connectivity index is 2.31. The molecule has 20 heavy (non-hydrogen) atoms. The summed E-state index contributed by atoms with van der Waals surface area (Å²) >= 11 is 1.72. The molecule has 0 saturated heterocycles. The van der Waals surface area contributed by atoms with Gasteiger partial charge < -0.3 is 10.0 Å². The largest absolute Gasteiger partial charge is 0.481 e. The Bertz CT molecular complexity index is 403. The van der Waals surface area contributed by atoms with Crippen LogP contribution in [0.25, 0.3) is 0 Å². The Kier molecular flexibility index (Phi) is 7.95. The van der Waals surface area contributed by atoms with E-state index in [1.54, 1.807) is 11.3 Å². The molecule has 5 heteroatoms. The third-order valence-electron chi connectivity index (χ3n) is 3.09. The fourth-order valence-corrected chi connectivity index (χ4v) is 2.74. The summed E-state index contributed by atoms with van der Waals surface area (Å²) in [5.74, 6) is -0.644. The topological polar surface area (TPSA) is 57.6 Å². The molecule has 1 heterocycles. The molecule has 0 fully saturated rings. The minimum Gasteiger partial charge on any atom is -0.481 e.